The first-order chi connectivity index (χ1) is 11.7. The van der Waals surface area contributed by atoms with Crippen LogP contribution in [-0.4, -0.2) is 37.6 Å². The minimum atomic E-state index is -0.0507. The van der Waals surface area contributed by atoms with E-state index in [2.05, 4.69) is 38.2 Å². The van der Waals surface area contributed by atoms with Crippen molar-refractivity contribution < 1.29 is 0 Å². The highest BCUT2D eigenvalue weighted by molar-refractivity contribution is 5.46. The molecular formula is C18H21N5O. The minimum absolute atomic E-state index is 0.0507. The summed E-state index contributed by atoms with van der Waals surface area (Å²) in [5.74, 6) is 1.08. The van der Waals surface area contributed by atoms with Gasteiger partial charge in [0.1, 0.15) is 5.82 Å². The smallest absolute Gasteiger partial charge is 0.251 e. The lowest BCUT2D eigenvalue weighted by molar-refractivity contribution is 0.200. The number of H-pyrrole nitrogens is 1. The van der Waals surface area contributed by atoms with Crippen molar-refractivity contribution in [2.24, 2.45) is 0 Å². The summed E-state index contributed by atoms with van der Waals surface area (Å²) in [4.78, 5) is 21.3. The summed E-state index contributed by atoms with van der Waals surface area (Å²) in [5.41, 5.74) is 3.22. The molecule has 1 saturated heterocycles. The van der Waals surface area contributed by atoms with Crippen LogP contribution in [0.2, 0.25) is 0 Å². The topological polar surface area (TPSA) is 66.3 Å². The molecule has 0 spiro atoms. The molecular weight excluding hydrogens is 302 g/mol. The molecule has 0 aliphatic carbocycles. The SMILES string of the molecule is Cc1nc(C2CCN(Cc3cccc4ccnn34)CC2)cc(=O)[nH]1. The second-order valence-electron chi connectivity index (χ2n) is 6.49. The molecule has 0 bridgehead atoms. The fourth-order valence-electron chi connectivity index (χ4n) is 3.56. The van der Waals surface area contributed by atoms with Gasteiger partial charge in [0, 0.05) is 24.7 Å². The van der Waals surface area contributed by atoms with Crippen LogP contribution in [0.15, 0.2) is 41.3 Å². The third kappa shape index (κ3) is 2.97. The van der Waals surface area contributed by atoms with Crippen LogP contribution >= 0.6 is 0 Å². The third-order valence-corrected chi connectivity index (χ3v) is 4.77. The van der Waals surface area contributed by atoms with Crippen molar-refractivity contribution >= 4 is 5.52 Å². The van der Waals surface area contributed by atoms with Crippen molar-refractivity contribution in [1.29, 1.82) is 0 Å². The molecule has 24 heavy (non-hydrogen) atoms. The number of likely N-dealkylation sites (tertiary alicyclic amines) is 1. The zero-order chi connectivity index (χ0) is 16.5. The van der Waals surface area contributed by atoms with E-state index in [1.807, 2.05) is 23.7 Å². The number of piperidine rings is 1. The summed E-state index contributed by atoms with van der Waals surface area (Å²) in [6.45, 7) is 4.75. The number of hydrogen-bond donors (Lipinski definition) is 1. The van der Waals surface area contributed by atoms with E-state index >= 15 is 0 Å². The van der Waals surface area contributed by atoms with E-state index in [1.54, 1.807) is 6.07 Å². The maximum Gasteiger partial charge on any atom is 0.251 e. The summed E-state index contributed by atoms with van der Waals surface area (Å²) in [5, 5.41) is 4.41. The third-order valence-electron chi connectivity index (χ3n) is 4.77. The van der Waals surface area contributed by atoms with Crippen LogP contribution in [0.5, 0.6) is 0 Å². The van der Waals surface area contributed by atoms with E-state index in [4.69, 9.17) is 0 Å². The molecule has 0 saturated carbocycles. The number of nitrogens with zero attached hydrogens (tertiary/aromatic N) is 4. The number of aromatic amines is 1. The van der Waals surface area contributed by atoms with Crippen LogP contribution in [0.4, 0.5) is 0 Å². The Kier molecular flexibility index (Phi) is 3.90. The van der Waals surface area contributed by atoms with Gasteiger partial charge in [0.2, 0.25) is 0 Å². The molecule has 0 aromatic carbocycles. The second-order valence-corrected chi connectivity index (χ2v) is 6.49. The second kappa shape index (κ2) is 6.20. The number of nitrogens with one attached hydrogen (secondary N) is 1. The first-order valence-corrected chi connectivity index (χ1v) is 8.41. The van der Waals surface area contributed by atoms with Gasteiger partial charge in [-0.15, -0.1) is 0 Å². The van der Waals surface area contributed by atoms with E-state index in [0.717, 1.165) is 43.7 Å². The number of hydrogen-bond acceptors (Lipinski definition) is 4. The molecule has 124 valence electrons. The van der Waals surface area contributed by atoms with Crippen LogP contribution in [0.25, 0.3) is 5.52 Å². The van der Waals surface area contributed by atoms with Crippen molar-refractivity contribution in [3.63, 3.8) is 0 Å². The van der Waals surface area contributed by atoms with Gasteiger partial charge < -0.3 is 4.98 Å². The Morgan fingerprint density at radius 1 is 1.25 bits per heavy atom. The van der Waals surface area contributed by atoms with Crippen molar-refractivity contribution in [3.8, 4) is 0 Å². The molecule has 1 N–H and O–H groups in total. The highest BCUT2D eigenvalue weighted by Gasteiger charge is 2.22. The van der Waals surface area contributed by atoms with Crippen LogP contribution in [0.3, 0.4) is 0 Å². The van der Waals surface area contributed by atoms with Crippen molar-refractivity contribution in [2.45, 2.75) is 32.2 Å². The Hall–Kier alpha value is -2.47. The molecule has 6 heteroatoms. The summed E-state index contributed by atoms with van der Waals surface area (Å²) in [7, 11) is 0. The zero-order valence-corrected chi connectivity index (χ0v) is 13.8. The van der Waals surface area contributed by atoms with Crippen LogP contribution < -0.4 is 5.56 Å². The van der Waals surface area contributed by atoms with Crippen LogP contribution in [0.1, 0.15) is 36.0 Å². The van der Waals surface area contributed by atoms with Crippen molar-refractivity contribution in [1.82, 2.24) is 24.5 Å². The Balaban J connectivity index is 1.44. The molecule has 4 rings (SSSR count). The summed E-state index contributed by atoms with van der Waals surface area (Å²) in [6, 6.07) is 9.97. The molecule has 0 atom stereocenters. The highest BCUT2D eigenvalue weighted by Crippen LogP contribution is 2.26. The molecule has 6 nitrogen and oxygen atoms in total. The van der Waals surface area contributed by atoms with E-state index in [0.29, 0.717) is 11.7 Å². The maximum atomic E-state index is 11.6. The molecule has 0 unspecified atom stereocenters. The van der Waals surface area contributed by atoms with E-state index in [-0.39, 0.29) is 5.56 Å². The molecule has 3 aromatic rings. The summed E-state index contributed by atoms with van der Waals surface area (Å²) < 4.78 is 2.01. The predicted molar refractivity (Wildman–Crippen MR) is 92.0 cm³/mol. The Bertz CT molecular complexity index is 905. The lowest BCUT2D eigenvalue weighted by atomic mass is 9.93. The van der Waals surface area contributed by atoms with Gasteiger partial charge >= 0.3 is 0 Å². The maximum absolute atomic E-state index is 11.6. The van der Waals surface area contributed by atoms with Crippen LogP contribution in [0, 0.1) is 6.92 Å². The first-order valence-electron chi connectivity index (χ1n) is 8.41. The number of fused-ring (bicyclic) bond motifs is 1. The molecule has 1 aliphatic rings. The van der Waals surface area contributed by atoms with E-state index < -0.39 is 0 Å². The molecule has 3 aromatic heterocycles. The van der Waals surface area contributed by atoms with Gasteiger partial charge in [0.15, 0.2) is 0 Å². The molecule has 0 radical (unpaired) electrons. The highest BCUT2D eigenvalue weighted by atomic mass is 16.1. The lowest BCUT2D eigenvalue weighted by Gasteiger charge is -2.31. The van der Waals surface area contributed by atoms with Crippen molar-refractivity contribution in [3.05, 3.63) is 64.1 Å². The quantitative estimate of drug-likeness (QED) is 0.802. The average Bonchev–Trinajstić information content (AvgIpc) is 3.04. The van der Waals surface area contributed by atoms with Gasteiger partial charge in [-0.3, -0.25) is 9.69 Å². The molecule has 1 aliphatic heterocycles. The van der Waals surface area contributed by atoms with E-state index in [9.17, 15) is 4.79 Å². The molecule has 0 amide bonds. The Morgan fingerprint density at radius 3 is 2.88 bits per heavy atom. The van der Waals surface area contributed by atoms with Gasteiger partial charge in [-0.1, -0.05) is 6.07 Å². The standard InChI is InChI=1S/C18H21N5O/c1-13-20-17(11-18(24)21-13)14-6-9-22(10-7-14)12-16-4-2-3-15-5-8-19-23(15)16/h2-5,8,11,14H,6-7,9-10,12H2,1H3,(H,20,21,24). The average molecular weight is 323 g/mol. The van der Waals surface area contributed by atoms with E-state index in [1.165, 1.54) is 5.69 Å². The Morgan fingerprint density at radius 2 is 2.08 bits per heavy atom. The molecule has 4 heterocycles. The number of pyridine rings is 1. The van der Waals surface area contributed by atoms with Crippen LogP contribution in [-0.2, 0) is 6.54 Å². The zero-order valence-electron chi connectivity index (χ0n) is 13.8. The predicted octanol–water partition coefficient (Wildman–Crippen LogP) is 2.11. The summed E-state index contributed by atoms with van der Waals surface area (Å²) in [6.07, 6.45) is 3.90. The minimum Gasteiger partial charge on any atom is -0.311 e. The van der Waals surface area contributed by atoms with Gasteiger partial charge in [-0.25, -0.2) is 9.50 Å². The summed E-state index contributed by atoms with van der Waals surface area (Å²) >= 11 is 0. The van der Waals surface area contributed by atoms with Gasteiger partial charge in [-0.05, 0) is 51.1 Å². The Labute approximate surface area is 140 Å². The van der Waals surface area contributed by atoms with Gasteiger partial charge in [0.05, 0.1) is 16.9 Å². The number of aromatic nitrogens is 4. The monoisotopic (exact) mass is 323 g/mol. The fourth-order valence-corrected chi connectivity index (χ4v) is 3.56. The van der Waals surface area contributed by atoms with Crippen molar-refractivity contribution in [2.75, 3.05) is 13.1 Å². The molecule has 1 fully saturated rings. The first kappa shape index (κ1) is 15.1. The number of rotatable bonds is 3. The van der Waals surface area contributed by atoms with Gasteiger partial charge in [0.25, 0.3) is 5.56 Å². The van der Waals surface area contributed by atoms with Gasteiger partial charge in [-0.2, -0.15) is 5.10 Å². The normalized spacial score (nSPS) is 16.7. The lowest BCUT2D eigenvalue weighted by Crippen LogP contribution is -2.33. The number of aryl methyl sites for hydroxylation is 1. The fraction of sp³-hybridized carbons (Fsp3) is 0.389. The largest absolute Gasteiger partial charge is 0.311 e.